The second kappa shape index (κ2) is 7.03. The molecule has 0 saturated heterocycles. The van der Waals surface area contributed by atoms with Crippen LogP contribution in [-0.2, 0) is 0 Å². The van der Waals surface area contributed by atoms with Gasteiger partial charge in [-0.25, -0.2) is 9.48 Å². The predicted octanol–water partition coefficient (Wildman–Crippen LogP) is 1.96. The first-order valence-electron chi connectivity index (χ1n) is 9.51. The molecule has 9 nitrogen and oxygen atoms in total. The molecule has 5 rings (SSSR count). The number of aryl methyl sites for hydroxylation is 1. The molecule has 9 heteroatoms. The van der Waals surface area contributed by atoms with Gasteiger partial charge in [-0.2, -0.15) is 10.4 Å². The van der Waals surface area contributed by atoms with Gasteiger partial charge in [0.25, 0.3) is 0 Å². The molecule has 152 valence electrons. The molecular weight excluding hydrogens is 396 g/mol. The third kappa shape index (κ3) is 2.81. The highest BCUT2D eigenvalue weighted by molar-refractivity contribution is 5.55. The minimum atomic E-state index is -0.825. The molecule has 1 aliphatic heterocycles. The van der Waals surface area contributed by atoms with Crippen LogP contribution < -0.4 is 20.8 Å². The number of rotatable bonds is 3. The summed E-state index contributed by atoms with van der Waals surface area (Å²) in [5.74, 6) is -0.559. The van der Waals surface area contributed by atoms with Crippen molar-refractivity contribution in [2.24, 2.45) is 5.73 Å². The number of H-pyrrole nitrogens is 1. The van der Waals surface area contributed by atoms with E-state index in [0.29, 0.717) is 22.8 Å². The number of benzene rings is 2. The first kappa shape index (κ1) is 18.4. The number of nitrogens with one attached hydrogen (secondary N) is 1. The van der Waals surface area contributed by atoms with Gasteiger partial charge < -0.3 is 10.5 Å². The van der Waals surface area contributed by atoms with Gasteiger partial charge in [0.2, 0.25) is 17.5 Å². The Hall–Kier alpha value is -4.58. The van der Waals surface area contributed by atoms with Crippen LogP contribution in [0.4, 0.5) is 0 Å². The monoisotopic (exact) mass is 413 g/mol. The van der Waals surface area contributed by atoms with Gasteiger partial charge in [-0.15, -0.1) is 0 Å². The van der Waals surface area contributed by atoms with Gasteiger partial charge in [-0.05, 0) is 29.0 Å². The van der Waals surface area contributed by atoms with Crippen LogP contribution in [0.5, 0.6) is 5.88 Å². The van der Waals surface area contributed by atoms with Gasteiger partial charge in [0, 0.05) is 12.1 Å². The number of nitrogens with two attached hydrogens (primary N) is 1. The number of para-hydroxylation sites is 2. The molecular formula is C22H17N6O3+. The molecule has 1 unspecified atom stereocenters. The summed E-state index contributed by atoms with van der Waals surface area (Å²) in [6.07, 6.45) is 0. The zero-order valence-corrected chi connectivity index (χ0v) is 16.4. The highest BCUT2D eigenvalue weighted by Gasteiger charge is 2.44. The lowest BCUT2D eigenvalue weighted by Gasteiger charge is -2.21. The van der Waals surface area contributed by atoms with Gasteiger partial charge >= 0.3 is 11.3 Å². The summed E-state index contributed by atoms with van der Waals surface area (Å²) in [5.41, 5.74) is 8.44. The molecule has 1 atom stereocenters. The Morgan fingerprint density at radius 1 is 1.16 bits per heavy atom. The highest BCUT2D eigenvalue weighted by Crippen LogP contribution is 2.43. The Balaban J connectivity index is 1.79. The van der Waals surface area contributed by atoms with Crippen LogP contribution in [0.3, 0.4) is 0 Å². The number of fused-ring (bicyclic) bond motifs is 1. The van der Waals surface area contributed by atoms with Gasteiger partial charge in [0.05, 0.1) is 16.9 Å². The van der Waals surface area contributed by atoms with E-state index in [1.165, 1.54) is 4.68 Å². The van der Waals surface area contributed by atoms with E-state index in [-0.39, 0.29) is 17.2 Å². The van der Waals surface area contributed by atoms with E-state index in [0.717, 1.165) is 5.69 Å². The number of hydrogen-bond donors (Lipinski definition) is 2. The van der Waals surface area contributed by atoms with Gasteiger partial charge in [-0.3, -0.25) is 4.52 Å². The van der Waals surface area contributed by atoms with E-state index >= 15 is 0 Å². The lowest BCUT2D eigenvalue weighted by atomic mass is 9.87. The number of nitriles is 1. The Morgan fingerprint density at radius 2 is 1.84 bits per heavy atom. The fraction of sp³-hybridized carbons (Fsp3) is 0.0909. The van der Waals surface area contributed by atoms with Crippen LogP contribution in [0.1, 0.15) is 22.9 Å². The molecule has 31 heavy (non-hydrogen) atoms. The topological polar surface area (TPSA) is 127 Å². The molecule has 0 spiro atoms. The third-order valence-electron chi connectivity index (χ3n) is 5.20. The molecule has 1 aliphatic rings. The van der Waals surface area contributed by atoms with Crippen LogP contribution in [-0.4, -0.2) is 15.1 Å². The second-order valence-corrected chi connectivity index (χ2v) is 7.01. The normalized spacial score (nSPS) is 15.3. The zero-order chi connectivity index (χ0) is 21.5. The molecule has 0 amide bonds. The van der Waals surface area contributed by atoms with Crippen molar-refractivity contribution < 1.29 is 13.9 Å². The Labute approximate surface area is 176 Å². The SMILES string of the molecule is Cc1nn(-c2ccccc2)c2c1C(c1c(=O)o[nH][n+]1-c1ccccc1)C(C#N)=C(N)O2. The molecule has 2 aromatic heterocycles. The number of ether oxygens (including phenoxy) is 1. The van der Waals surface area contributed by atoms with E-state index in [1.54, 1.807) is 11.6 Å². The lowest BCUT2D eigenvalue weighted by Crippen LogP contribution is -2.41. The quantitative estimate of drug-likeness (QED) is 0.494. The number of aromatic amines is 1. The maximum absolute atomic E-state index is 12.8. The molecule has 2 aromatic carbocycles. The third-order valence-corrected chi connectivity index (χ3v) is 5.20. The Bertz CT molecular complexity index is 1410. The second-order valence-electron chi connectivity index (χ2n) is 7.01. The fourth-order valence-electron chi connectivity index (χ4n) is 3.83. The highest BCUT2D eigenvalue weighted by atomic mass is 16.5. The summed E-state index contributed by atoms with van der Waals surface area (Å²) in [7, 11) is 0. The minimum Gasteiger partial charge on any atom is -0.422 e. The standard InChI is InChI=1S/C22H16N6O3/c1-13-17-18(19-22(29)31-26-27(19)14-8-4-2-5-9-14)16(12-23)20(24)30-21(17)28(25-13)15-10-6-3-7-11-15/h2-11,18H,24H2,1H3/p+1. The molecule has 0 radical (unpaired) electrons. The Morgan fingerprint density at radius 3 is 2.52 bits per heavy atom. The molecule has 0 saturated carbocycles. The van der Waals surface area contributed by atoms with Gasteiger partial charge in [0.15, 0.2) is 0 Å². The summed E-state index contributed by atoms with van der Waals surface area (Å²) in [5, 5.41) is 17.1. The summed E-state index contributed by atoms with van der Waals surface area (Å²) >= 11 is 0. The van der Waals surface area contributed by atoms with E-state index in [1.807, 2.05) is 60.7 Å². The van der Waals surface area contributed by atoms with Gasteiger partial charge in [0.1, 0.15) is 17.6 Å². The van der Waals surface area contributed by atoms with Crippen molar-refractivity contribution in [2.75, 3.05) is 0 Å². The van der Waals surface area contributed by atoms with E-state index in [4.69, 9.17) is 15.0 Å². The van der Waals surface area contributed by atoms with E-state index in [2.05, 4.69) is 16.4 Å². The number of allylic oxidation sites excluding steroid dienone is 1. The maximum Gasteiger partial charge on any atom is 0.431 e. The maximum atomic E-state index is 12.8. The van der Waals surface area contributed by atoms with Crippen molar-refractivity contribution in [2.45, 2.75) is 12.8 Å². The molecule has 4 aromatic rings. The predicted molar refractivity (Wildman–Crippen MR) is 108 cm³/mol. The number of nitrogens with zero attached hydrogens (tertiary/aromatic N) is 4. The van der Waals surface area contributed by atoms with Crippen molar-refractivity contribution in [3.8, 4) is 23.3 Å². The van der Waals surface area contributed by atoms with Crippen LogP contribution in [0, 0.1) is 18.3 Å². The van der Waals surface area contributed by atoms with Crippen molar-refractivity contribution in [1.82, 2.24) is 15.1 Å². The Kier molecular flexibility index (Phi) is 4.19. The summed E-state index contributed by atoms with van der Waals surface area (Å²) in [6.45, 7) is 1.80. The van der Waals surface area contributed by atoms with Crippen molar-refractivity contribution >= 4 is 0 Å². The van der Waals surface area contributed by atoms with Crippen molar-refractivity contribution in [1.29, 1.82) is 5.26 Å². The average molecular weight is 413 g/mol. The number of aromatic nitrogens is 4. The molecule has 0 fully saturated rings. The first-order valence-corrected chi connectivity index (χ1v) is 9.51. The van der Waals surface area contributed by atoms with E-state index in [9.17, 15) is 10.1 Å². The summed E-state index contributed by atoms with van der Waals surface area (Å²) in [6, 6.07) is 20.7. The van der Waals surface area contributed by atoms with Crippen molar-refractivity contribution in [3.05, 3.63) is 99.5 Å². The largest absolute Gasteiger partial charge is 0.431 e. The average Bonchev–Trinajstić information content (AvgIpc) is 3.34. The van der Waals surface area contributed by atoms with E-state index < -0.39 is 11.5 Å². The zero-order valence-electron chi connectivity index (χ0n) is 16.4. The van der Waals surface area contributed by atoms with Crippen LogP contribution in [0.15, 0.2) is 81.4 Å². The molecule has 3 N–H and O–H groups in total. The fourth-order valence-corrected chi connectivity index (χ4v) is 3.83. The smallest absolute Gasteiger partial charge is 0.422 e. The van der Waals surface area contributed by atoms with Crippen LogP contribution >= 0.6 is 0 Å². The lowest BCUT2D eigenvalue weighted by molar-refractivity contribution is -0.677. The molecule has 0 bridgehead atoms. The molecule has 0 aliphatic carbocycles. The number of hydrogen-bond acceptors (Lipinski definition) is 6. The summed E-state index contributed by atoms with van der Waals surface area (Å²) < 4.78 is 14.1. The first-order chi connectivity index (χ1) is 15.1. The molecule has 3 heterocycles. The van der Waals surface area contributed by atoms with Crippen molar-refractivity contribution in [3.63, 3.8) is 0 Å². The van der Waals surface area contributed by atoms with Crippen LogP contribution in [0.2, 0.25) is 0 Å². The van der Waals surface area contributed by atoms with Gasteiger partial charge in [-0.1, -0.05) is 36.4 Å². The van der Waals surface area contributed by atoms with Crippen LogP contribution in [0.25, 0.3) is 11.4 Å². The summed E-state index contributed by atoms with van der Waals surface area (Å²) in [4.78, 5) is 12.8. The minimum absolute atomic E-state index is 0.0858.